The normalized spacial score (nSPS) is 15.9. The first kappa shape index (κ1) is 15.3. The Balaban J connectivity index is 2.04. The van der Waals surface area contributed by atoms with Crippen LogP contribution in [0.2, 0.25) is 5.02 Å². The van der Waals surface area contributed by atoms with E-state index in [9.17, 15) is 9.59 Å². The Kier molecular flexibility index (Phi) is 5.13. The lowest BCUT2D eigenvalue weighted by atomic mass is 10.0. The van der Waals surface area contributed by atoms with E-state index >= 15 is 0 Å². The van der Waals surface area contributed by atoms with Crippen molar-refractivity contribution < 1.29 is 9.59 Å². The topological polar surface area (TPSA) is 61.2 Å². The van der Waals surface area contributed by atoms with Crippen LogP contribution < -0.4 is 0 Å². The average Bonchev–Trinajstić information content (AvgIpc) is 3.01. The first-order valence-corrected chi connectivity index (χ1v) is 7.15. The summed E-state index contributed by atoms with van der Waals surface area (Å²) in [6, 6.07) is 8.75. The van der Waals surface area contributed by atoms with Gasteiger partial charge in [-0.1, -0.05) is 29.8 Å². The highest BCUT2D eigenvalue weighted by molar-refractivity contribution is 6.30. The molecule has 21 heavy (non-hydrogen) atoms. The maximum atomic E-state index is 12.1. The van der Waals surface area contributed by atoms with Gasteiger partial charge in [0.25, 0.3) is 0 Å². The molecule has 0 saturated carbocycles. The second-order valence-electron chi connectivity index (χ2n) is 4.88. The zero-order chi connectivity index (χ0) is 15.2. The molecular weight excluding hydrogens is 288 g/mol. The molecule has 1 unspecified atom stereocenters. The van der Waals surface area contributed by atoms with Gasteiger partial charge in [-0.25, -0.2) is 0 Å². The predicted octanol–water partition coefficient (Wildman–Crippen LogP) is 2.68. The van der Waals surface area contributed by atoms with E-state index in [0.29, 0.717) is 18.1 Å². The van der Waals surface area contributed by atoms with Gasteiger partial charge in [-0.3, -0.25) is 9.59 Å². The van der Waals surface area contributed by atoms with Crippen LogP contribution in [0.5, 0.6) is 0 Å². The van der Waals surface area contributed by atoms with Gasteiger partial charge in [-0.15, -0.1) is 0 Å². The molecule has 5 heteroatoms. The summed E-state index contributed by atoms with van der Waals surface area (Å²) in [5.41, 5.74) is 0.790. The van der Waals surface area contributed by atoms with Crippen molar-refractivity contribution in [3.8, 4) is 6.07 Å². The summed E-state index contributed by atoms with van der Waals surface area (Å²) in [5, 5.41) is 9.70. The number of likely N-dealkylation sites (tertiary alicyclic amines) is 1. The highest BCUT2D eigenvalue weighted by Gasteiger charge is 2.30. The van der Waals surface area contributed by atoms with E-state index in [1.165, 1.54) is 6.08 Å². The van der Waals surface area contributed by atoms with Crippen molar-refractivity contribution in [2.45, 2.75) is 12.8 Å². The number of carbonyl (C=O) groups excluding carboxylic acids is 2. The summed E-state index contributed by atoms with van der Waals surface area (Å²) in [7, 11) is 0. The molecule has 1 saturated heterocycles. The van der Waals surface area contributed by atoms with Crippen LogP contribution in [-0.4, -0.2) is 29.7 Å². The SMILES string of the molecule is N#CC(C(=O)C=Cc1ccc(Cl)cc1)C(=O)N1CCCC1. The number of nitriles is 1. The number of ketones is 1. The summed E-state index contributed by atoms with van der Waals surface area (Å²) in [6.07, 6.45) is 4.72. The van der Waals surface area contributed by atoms with Crippen LogP contribution in [0.3, 0.4) is 0 Å². The molecule has 0 radical (unpaired) electrons. The van der Waals surface area contributed by atoms with Gasteiger partial charge in [0.15, 0.2) is 11.7 Å². The van der Waals surface area contributed by atoms with Crippen LogP contribution in [0, 0.1) is 17.2 Å². The smallest absolute Gasteiger partial charge is 0.247 e. The molecule has 1 atom stereocenters. The fourth-order valence-electron chi connectivity index (χ4n) is 2.21. The van der Waals surface area contributed by atoms with Crippen LogP contribution in [0.1, 0.15) is 18.4 Å². The molecular formula is C16H15ClN2O2. The third-order valence-electron chi connectivity index (χ3n) is 3.39. The summed E-state index contributed by atoms with van der Waals surface area (Å²) < 4.78 is 0. The van der Waals surface area contributed by atoms with E-state index in [-0.39, 0.29) is 5.91 Å². The van der Waals surface area contributed by atoms with Gasteiger partial charge in [-0.2, -0.15) is 5.26 Å². The minimum absolute atomic E-state index is 0.388. The molecule has 1 aliphatic rings. The highest BCUT2D eigenvalue weighted by atomic mass is 35.5. The number of hydrogen-bond donors (Lipinski definition) is 0. The molecule has 1 heterocycles. The number of nitrogens with zero attached hydrogens (tertiary/aromatic N) is 2. The van der Waals surface area contributed by atoms with E-state index in [1.807, 2.05) is 6.07 Å². The van der Waals surface area contributed by atoms with E-state index in [0.717, 1.165) is 18.4 Å². The standard InChI is InChI=1S/C16H15ClN2O2/c17-13-6-3-12(4-7-13)5-8-15(20)14(11-18)16(21)19-9-1-2-10-19/h3-8,14H,1-2,9-10H2. The Morgan fingerprint density at radius 2 is 1.86 bits per heavy atom. The van der Waals surface area contributed by atoms with Gasteiger partial charge in [-0.05, 0) is 36.6 Å². The van der Waals surface area contributed by atoms with E-state index in [2.05, 4.69) is 0 Å². The molecule has 4 nitrogen and oxygen atoms in total. The average molecular weight is 303 g/mol. The summed E-state index contributed by atoms with van der Waals surface area (Å²) in [5.74, 6) is -2.11. The predicted molar refractivity (Wildman–Crippen MR) is 80.4 cm³/mol. The second-order valence-corrected chi connectivity index (χ2v) is 5.32. The minimum Gasteiger partial charge on any atom is -0.341 e. The van der Waals surface area contributed by atoms with Gasteiger partial charge in [0.2, 0.25) is 5.91 Å². The van der Waals surface area contributed by atoms with E-state index < -0.39 is 11.7 Å². The number of carbonyl (C=O) groups is 2. The molecule has 1 amide bonds. The summed E-state index contributed by atoms with van der Waals surface area (Å²) >= 11 is 5.78. The molecule has 0 aromatic heterocycles. The molecule has 108 valence electrons. The van der Waals surface area contributed by atoms with Gasteiger partial charge >= 0.3 is 0 Å². The Bertz CT molecular complexity index is 596. The lowest BCUT2D eigenvalue weighted by Gasteiger charge is -2.16. The zero-order valence-electron chi connectivity index (χ0n) is 11.5. The number of amides is 1. The van der Waals surface area contributed by atoms with Crippen LogP contribution in [0.25, 0.3) is 6.08 Å². The van der Waals surface area contributed by atoms with Crippen LogP contribution in [0.4, 0.5) is 0 Å². The van der Waals surface area contributed by atoms with Crippen LogP contribution in [-0.2, 0) is 9.59 Å². The molecule has 0 N–H and O–H groups in total. The lowest BCUT2D eigenvalue weighted by Crippen LogP contribution is -2.36. The van der Waals surface area contributed by atoms with E-state index in [4.69, 9.17) is 16.9 Å². The van der Waals surface area contributed by atoms with Crippen molar-refractivity contribution >= 4 is 29.4 Å². The summed E-state index contributed by atoms with van der Waals surface area (Å²) in [6.45, 7) is 1.26. The minimum atomic E-state index is -1.24. The first-order chi connectivity index (χ1) is 10.1. The highest BCUT2D eigenvalue weighted by Crippen LogP contribution is 2.14. The third-order valence-corrected chi connectivity index (χ3v) is 3.64. The van der Waals surface area contributed by atoms with Gasteiger partial charge in [0.05, 0.1) is 6.07 Å². The maximum Gasteiger partial charge on any atom is 0.247 e. The van der Waals surface area contributed by atoms with Crippen LogP contribution >= 0.6 is 11.6 Å². The quantitative estimate of drug-likeness (QED) is 0.634. The number of benzene rings is 1. The van der Waals surface area contributed by atoms with Crippen molar-refractivity contribution in [3.05, 3.63) is 40.9 Å². The lowest BCUT2D eigenvalue weighted by molar-refractivity contribution is -0.136. The Morgan fingerprint density at radius 1 is 1.24 bits per heavy atom. The van der Waals surface area contributed by atoms with Crippen molar-refractivity contribution in [1.82, 2.24) is 4.90 Å². The number of halogens is 1. The molecule has 1 fully saturated rings. The maximum absolute atomic E-state index is 12.1. The molecule has 0 bridgehead atoms. The van der Waals surface area contributed by atoms with Gasteiger partial charge < -0.3 is 4.90 Å². The summed E-state index contributed by atoms with van der Waals surface area (Å²) in [4.78, 5) is 25.7. The molecule has 1 aliphatic heterocycles. The van der Waals surface area contributed by atoms with Gasteiger partial charge in [0.1, 0.15) is 0 Å². The van der Waals surface area contributed by atoms with Crippen molar-refractivity contribution in [1.29, 1.82) is 5.26 Å². The molecule has 2 rings (SSSR count). The van der Waals surface area contributed by atoms with Crippen molar-refractivity contribution in [2.24, 2.45) is 5.92 Å². The molecule has 0 aliphatic carbocycles. The van der Waals surface area contributed by atoms with Crippen LogP contribution in [0.15, 0.2) is 30.3 Å². The largest absolute Gasteiger partial charge is 0.341 e. The monoisotopic (exact) mass is 302 g/mol. The van der Waals surface area contributed by atoms with E-state index in [1.54, 1.807) is 35.2 Å². The fraction of sp³-hybridized carbons (Fsp3) is 0.312. The Morgan fingerprint density at radius 3 is 2.43 bits per heavy atom. The van der Waals surface area contributed by atoms with Crippen molar-refractivity contribution in [2.75, 3.05) is 13.1 Å². The Hall–Kier alpha value is -2.12. The van der Waals surface area contributed by atoms with Gasteiger partial charge in [0, 0.05) is 18.1 Å². The second kappa shape index (κ2) is 7.05. The first-order valence-electron chi connectivity index (χ1n) is 6.77. The Labute approximate surface area is 128 Å². The number of hydrogen-bond acceptors (Lipinski definition) is 3. The number of rotatable bonds is 4. The number of allylic oxidation sites excluding steroid dienone is 1. The van der Waals surface area contributed by atoms with Crippen molar-refractivity contribution in [3.63, 3.8) is 0 Å². The molecule has 1 aromatic carbocycles. The molecule has 1 aromatic rings. The molecule has 0 spiro atoms. The third kappa shape index (κ3) is 3.93. The fourth-order valence-corrected chi connectivity index (χ4v) is 2.34. The zero-order valence-corrected chi connectivity index (χ0v) is 12.2.